The Labute approximate surface area is 142 Å². The topological polar surface area (TPSA) is 78.5 Å². The van der Waals surface area contributed by atoms with Gasteiger partial charge in [-0.1, -0.05) is 15.9 Å². The van der Waals surface area contributed by atoms with E-state index in [1.807, 2.05) is 19.1 Å². The Morgan fingerprint density at radius 1 is 1.43 bits per heavy atom. The SMILES string of the molecule is Cc1cc(Br)ccc1NC(=O)CN1C(=O)NC(C)(C2CC2)C1=O. The molecule has 3 rings (SSSR count). The first-order valence-corrected chi connectivity index (χ1v) is 8.30. The Morgan fingerprint density at radius 2 is 2.13 bits per heavy atom. The summed E-state index contributed by atoms with van der Waals surface area (Å²) in [7, 11) is 0. The van der Waals surface area contributed by atoms with Gasteiger partial charge >= 0.3 is 6.03 Å². The zero-order chi connectivity index (χ0) is 16.8. The molecule has 1 heterocycles. The molecule has 23 heavy (non-hydrogen) atoms. The van der Waals surface area contributed by atoms with Gasteiger partial charge in [0.05, 0.1) is 0 Å². The van der Waals surface area contributed by atoms with Gasteiger partial charge < -0.3 is 10.6 Å². The molecule has 1 aromatic rings. The van der Waals surface area contributed by atoms with E-state index in [1.165, 1.54) is 0 Å². The van der Waals surface area contributed by atoms with E-state index in [4.69, 9.17) is 0 Å². The second-order valence-electron chi connectivity index (χ2n) is 6.31. The summed E-state index contributed by atoms with van der Waals surface area (Å²) in [5.41, 5.74) is 0.702. The second-order valence-corrected chi connectivity index (χ2v) is 7.22. The maximum Gasteiger partial charge on any atom is 0.325 e. The molecule has 0 bridgehead atoms. The van der Waals surface area contributed by atoms with Gasteiger partial charge in [-0.2, -0.15) is 0 Å². The average molecular weight is 380 g/mol. The fourth-order valence-electron chi connectivity index (χ4n) is 2.90. The van der Waals surface area contributed by atoms with Crippen LogP contribution < -0.4 is 10.6 Å². The van der Waals surface area contributed by atoms with Gasteiger partial charge in [-0.05, 0) is 56.4 Å². The summed E-state index contributed by atoms with van der Waals surface area (Å²) < 4.78 is 0.919. The molecular formula is C16H18BrN3O3. The number of nitrogens with one attached hydrogen (secondary N) is 2. The molecule has 1 atom stereocenters. The highest BCUT2D eigenvalue weighted by molar-refractivity contribution is 9.10. The molecule has 2 aliphatic rings. The molecule has 6 nitrogen and oxygen atoms in total. The molecule has 1 saturated heterocycles. The number of aryl methyl sites for hydroxylation is 1. The van der Waals surface area contributed by atoms with Crippen LogP contribution >= 0.6 is 15.9 Å². The van der Waals surface area contributed by atoms with Crippen molar-refractivity contribution in [2.75, 3.05) is 11.9 Å². The molecule has 0 aromatic heterocycles. The van der Waals surface area contributed by atoms with Gasteiger partial charge in [-0.25, -0.2) is 4.79 Å². The number of hydrogen-bond donors (Lipinski definition) is 2. The van der Waals surface area contributed by atoms with E-state index in [9.17, 15) is 14.4 Å². The van der Waals surface area contributed by atoms with E-state index in [-0.39, 0.29) is 24.3 Å². The van der Waals surface area contributed by atoms with Crippen molar-refractivity contribution in [1.82, 2.24) is 10.2 Å². The van der Waals surface area contributed by atoms with Crippen LogP contribution in [0.5, 0.6) is 0 Å². The molecule has 2 N–H and O–H groups in total. The monoisotopic (exact) mass is 379 g/mol. The Bertz CT molecular complexity index is 702. The van der Waals surface area contributed by atoms with Crippen molar-refractivity contribution in [3.05, 3.63) is 28.2 Å². The van der Waals surface area contributed by atoms with Gasteiger partial charge in [0.2, 0.25) is 5.91 Å². The first kappa shape index (κ1) is 16.0. The van der Waals surface area contributed by atoms with Gasteiger partial charge in [0.15, 0.2) is 0 Å². The minimum atomic E-state index is -0.856. The number of halogens is 1. The van der Waals surface area contributed by atoms with Crippen LogP contribution in [-0.2, 0) is 9.59 Å². The third kappa shape index (κ3) is 2.97. The van der Waals surface area contributed by atoms with Crippen molar-refractivity contribution in [2.45, 2.75) is 32.2 Å². The van der Waals surface area contributed by atoms with Crippen molar-refractivity contribution >= 4 is 39.5 Å². The fraction of sp³-hybridized carbons (Fsp3) is 0.438. The number of anilines is 1. The Hall–Kier alpha value is -1.89. The van der Waals surface area contributed by atoms with Crippen molar-refractivity contribution in [1.29, 1.82) is 0 Å². The van der Waals surface area contributed by atoms with Crippen molar-refractivity contribution in [3.63, 3.8) is 0 Å². The van der Waals surface area contributed by atoms with Crippen molar-refractivity contribution in [2.24, 2.45) is 5.92 Å². The molecule has 122 valence electrons. The molecule has 0 radical (unpaired) electrons. The molecule has 0 spiro atoms. The van der Waals surface area contributed by atoms with E-state index in [1.54, 1.807) is 13.0 Å². The van der Waals surface area contributed by atoms with Crippen molar-refractivity contribution in [3.8, 4) is 0 Å². The van der Waals surface area contributed by atoms with Gasteiger partial charge in [0.25, 0.3) is 5.91 Å². The zero-order valence-electron chi connectivity index (χ0n) is 13.0. The summed E-state index contributed by atoms with van der Waals surface area (Å²) in [6.45, 7) is 3.34. The fourth-order valence-corrected chi connectivity index (χ4v) is 3.37. The highest BCUT2D eigenvalue weighted by Crippen LogP contribution is 2.42. The predicted molar refractivity (Wildman–Crippen MR) is 88.9 cm³/mol. The molecule has 1 aliphatic heterocycles. The van der Waals surface area contributed by atoms with Gasteiger partial charge in [-0.3, -0.25) is 14.5 Å². The number of carbonyl (C=O) groups is 3. The maximum atomic E-state index is 12.5. The summed E-state index contributed by atoms with van der Waals surface area (Å²) in [5.74, 6) is -0.521. The summed E-state index contributed by atoms with van der Waals surface area (Å²) in [5, 5.41) is 5.48. The molecular weight excluding hydrogens is 362 g/mol. The Kier molecular flexibility index (Phi) is 3.91. The summed E-state index contributed by atoms with van der Waals surface area (Å²) in [6, 6.07) is 4.98. The lowest BCUT2D eigenvalue weighted by Gasteiger charge is -2.20. The van der Waals surface area contributed by atoms with Crippen LogP contribution in [0.25, 0.3) is 0 Å². The van der Waals surface area contributed by atoms with Crippen LogP contribution in [0.3, 0.4) is 0 Å². The molecule has 1 aromatic carbocycles. The number of imide groups is 1. The zero-order valence-corrected chi connectivity index (χ0v) is 14.6. The van der Waals surface area contributed by atoms with Crippen LogP contribution in [0.15, 0.2) is 22.7 Å². The molecule has 1 aliphatic carbocycles. The third-order valence-corrected chi connectivity index (χ3v) is 4.95. The molecule has 4 amide bonds. The van der Waals surface area contributed by atoms with Crippen LogP contribution in [0.4, 0.5) is 10.5 Å². The highest BCUT2D eigenvalue weighted by Gasteiger charge is 2.56. The second kappa shape index (κ2) is 5.63. The molecule has 1 unspecified atom stereocenters. The summed E-state index contributed by atoms with van der Waals surface area (Å²) in [4.78, 5) is 37.7. The molecule has 7 heteroatoms. The van der Waals surface area contributed by atoms with Gasteiger partial charge in [-0.15, -0.1) is 0 Å². The lowest BCUT2D eigenvalue weighted by molar-refractivity contribution is -0.134. The number of hydrogen-bond acceptors (Lipinski definition) is 3. The summed E-state index contributed by atoms with van der Waals surface area (Å²) in [6.07, 6.45) is 1.86. The number of carbonyl (C=O) groups excluding carboxylic acids is 3. The minimum absolute atomic E-state index is 0.181. The first-order chi connectivity index (χ1) is 10.8. The van der Waals surface area contributed by atoms with Crippen LogP contribution in [0.2, 0.25) is 0 Å². The Balaban J connectivity index is 1.68. The van der Waals surface area contributed by atoms with E-state index < -0.39 is 11.6 Å². The summed E-state index contributed by atoms with van der Waals surface area (Å²) >= 11 is 3.36. The van der Waals surface area contributed by atoms with E-state index >= 15 is 0 Å². The molecule has 2 fully saturated rings. The molecule has 1 saturated carbocycles. The van der Waals surface area contributed by atoms with E-state index in [2.05, 4.69) is 26.6 Å². The van der Waals surface area contributed by atoms with Gasteiger partial charge in [0, 0.05) is 10.2 Å². The number of nitrogens with zero attached hydrogens (tertiary/aromatic N) is 1. The number of benzene rings is 1. The average Bonchev–Trinajstić information content (AvgIpc) is 3.28. The normalized spacial score (nSPS) is 23.9. The minimum Gasteiger partial charge on any atom is -0.324 e. The van der Waals surface area contributed by atoms with Crippen molar-refractivity contribution < 1.29 is 14.4 Å². The standard InChI is InChI=1S/C16H18BrN3O3/c1-9-7-11(17)5-6-12(9)18-13(21)8-20-14(22)16(2,10-3-4-10)19-15(20)23/h5-7,10H,3-4,8H2,1-2H3,(H,18,21)(H,19,23). The smallest absolute Gasteiger partial charge is 0.324 e. The Morgan fingerprint density at radius 3 is 2.74 bits per heavy atom. The number of rotatable bonds is 4. The first-order valence-electron chi connectivity index (χ1n) is 7.51. The quantitative estimate of drug-likeness (QED) is 0.788. The van der Waals surface area contributed by atoms with Crippen LogP contribution in [0.1, 0.15) is 25.3 Å². The third-order valence-electron chi connectivity index (χ3n) is 4.46. The lowest BCUT2D eigenvalue weighted by atomic mass is 9.96. The van der Waals surface area contributed by atoms with E-state index in [0.717, 1.165) is 27.8 Å². The van der Waals surface area contributed by atoms with E-state index in [0.29, 0.717) is 5.69 Å². The van der Waals surface area contributed by atoms with Crippen LogP contribution in [-0.4, -0.2) is 34.8 Å². The largest absolute Gasteiger partial charge is 0.325 e. The van der Waals surface area contributed by atoms with Crippen LogP contribution in [0, 0.1) is 12.8 Å². The van der Waals surface area contributed by atoms with Gasteiger partial charge in [0.1, 0.15) is 12.1 Å². The number of urea groups is 1. The maximum absolute atomic E-state index is 12.5. The lowest BCUT2D eigenvalue weighted by Crippen LogP contribution is -2.46. The predicted octanol–water partition coefficient (Wildman–Crippen LogP) is 2.42. The number of amides is 4. The highest BCUT2D eigenvalue weighted by atomic mass is 79.9.